The predicted molar refractivity (Wildman–Crippen MR) is 95.6 cm³/mol. The fourth-order valence-corrected chi connectivity index (χ4v) is 2.76. The molecule has 0 unspecified atom stereocenters. The predicted octanol–water partition coefficient (Wildman–Crippen LogP) is 3.30. The highest BCUT2D eigenvalue weighted by atomic mass is 35.5. The van der Waals surface area contributed by atoms with E-state index in [1.54, 1.807) is 0 Å². The molecule has 0 aromatic heterocycles. The highest BCUT2D eigenvalue weighted by Gasteiger charge is 2.13. The molecule has 3 nitrogen and oxygen atoms in total. The number of benzene rings is 2. The zero-order valence-electron chi connectivity index (χ0n) is 13.2. The van der Waals surface area contributed by atoms with Crippen molar-refractivity contribution in [3.63, 3.8) is 0 Å². The number of amides is 1. The normalized spacial score (nSPS) is 10.5. The molecule has 0 aliphatic carbocycles. The summed E-state index contributed by atoms with van der Waals surface area (Å²) in [6.45, 7) is 1.77. The van der Waals surface area contributed by atoms with Gasteiger partial charge in [0.2, 0.25) is 5.91 Å². The molecule has 23 heavy (non-hydrogen) atoms. The third-order valence-corrected chi connectivity index (χ3v) is 4.20. The molecule has 4 heteroatoms. The van der Waals surface area contributed by atoms with Gasteiger partial charge in [0, 0.05) is 31.1 Å². The van der Waals surface area contributed by atoms with E-state index in [0.29, 0.717) is 32.5 Å². The maximum Gasteiger partial charge on any atom is 0.222 e. The molecule has 1 amide bonds. The second-order valence-electron chi connectivity index (χ2n) is 5.50. The molecule has 0 aliphatic rings. The Kier molecular flexibility index (Phi) is 7.11. The Balaban J connectivity index is 1.89. The first-order valence-electron chi connectivity index (χ1n) is 7.96. The summed E-state index contributed by atoms with van der Waals surface area (Å²) in [7, 11) is 0. The first-order chi connectivity index (χ1) is 11.2. The molecule has 2 aromatic carbocycles. The summed E-state index contributed by atoms with van der Waals surface area (Å²) >= 11 is 6.14. The van der Waals surface area contributed by atoms with E-state index >= 15 is 0 Å². The number of aryl methyl sites for hydroxylation is 1. The average molecular weight is 331 g/mol. The Hall–Kier alpha value is -1.84. The lowest BCUT2D eigenvalue weighted by molar-refractivity contribution is -0.131. The number of halogens is 1. The van der Waals surface area contributed by atoms with Crippen LogP contribution in [0.5, 0.6) is 0 Å². The van der Waals surface area contributed by atoms with Crippen molar-refractivity contribution in [1.29, 1.82) is 0 Å². The van der Waals surface area contributed by atoms with Gasteiger partial charge in [-0.25, -0.2) is 0 Å². The molecule has 0 saturated heterocycles. The fraction of sp³-hybridized carbons (Fsp3) is 0.316. The summed E-state index contributed by atoms with van der Waals surface area (Å²) in [4.78, 5) is 14.3. The fourth-order valence-electron chi connectivity index (χ4n) is 2.53. The monoisotopic (exact) mass is 330 g/mol. The van der Waals surface area contributed by atoms with Gasteiger partial charge in [-0.05, 0) is 30.0 Å². The minimum Gasteiger partial charge on any atom is -0.341 e. The van der Waals surface area contributed by atoms with E-state index in [4.69, 9.17) is 17.3 Å². The second-order valence-corrected chi connectivity index (χ2v) is 5.90. The van der Waals surface area contributed by atoms with Gasteiger partial charge in [-0.1, -0.05) is 60.1 Å². The summed E-state index contributed by atoms with van der Waals surface area (Å²) < 4.78 is 0. The first kappa shape index (κ1) is 17.5. The van der Waals surface area contributed by atoms with Crippen molar-refractivity contribution < 1.29 is 4.79 Å². The van der Waals surface area contributed by atoms with Crippen LogP contribution in [0.4, 0.5) is 0 Å². The zero-order valence-corrected chi connectivity index (χ0v) is 14.0. The zero-order chi connectivity index (χ0) is 16.5. The quantitative estimate of drug-likeness (QED) is 0.807. The van der Waals surface area contributed by atoms with E-state index < -0.39 is 0 Å². The van der Waals surface area contributed by atoms with Crippen LogP contribution >= 0.6 is 11.6 Å². The van der Waals surface area contributed by atoms with E-state index in [-0.39, 0.29) is 5.91 Å². The van der Waals surface area contributed by atoms with Gasteiger partial charge in [-0.3, -0.25) is 4.79 Å². The van der Waals surface area contributed by atoms with E-state index in [0.717, 1.165) is 17.0 Å². The van der Waals surface area contributed by atoms with Crippen LogP contribution in [0.15, 0.2) is 54.6 Å². The number of hydrogen-bond donors (Lipinski definition) is 1. The molecule has 0 aliphatic heterocycles. The van der Waals surface area contributed by atoms with Gasteiger partial charge in [0.15, 0.2) is 0 Å². The summed E-state index contributed by atoms with van der Waals surface area (Å²) in [5.74, 6) is 0.131. The Morgan fingerprint density at radius 3 is 2.35 bits per heavy atom. The Morgan fingerprint density at radius 1 is 0.957 bits per heavy atom. The molecule has 2 rings (SSSR count). The lowest BCUT2D eigenvalue weighted by Gasteiger charge is -2.22. The second kappa shape index (κ2) is 9.33. The van der Waals surface area contributed by atoms with Gasteiger partial charge < -0.3 is 10.6 Å². The molecule has 0 radical (unpaired) electrons. The molecule has 0 bridgehead atoms. The summed E-state index contributed by atoms with van der Waals surface area (Å²) in [5, 5.41) is 0.718. The van der Waals surface area contributed by atoms with Gasteiger partial charge in [-0.15, -0.1) is 0 Å². The number of rotatable bonds is 8. The molecular weight excluding hydrogens is 308 g/mol. The lowest BCUT2D eigenvalue weighted by atomic mass is 10.1. The van der Waals surface area contributed by atoms with E-state index in [2.05, 4.69) is 12.1 Å². The van der Waals surface area contributed by atoms with E-state index in [9.17, 15) is 4.79 Å². The molecule has 0 fully saturated rings. The minimum atomic E-state index is 0.131. The van der Waals surface area contributed by atoms with Crippen LogP contribution in [-0.2, 0) is 17.6 Å². The van der Waals surface area contributed by atoms with Crippen molar-refractivity contribution >= 4 is 17.5 Å². The molecule has 0 saturated carbocycles. The van der Waals surface area contributed by atoms with Crippen molar-refractivity contribution in [2.24, 2.45) is 5.73 Å². The third-order valence-electron chi connectivity index (χ3n) is 3.83. The van der Waals surface area contributed by atoms with Crippen molar-refractivity contribution in [3.8, 4) is 0 Å². The van der Waals surface area contributed by atoms with Crippen molar-refractivity contribution in [1.82, 2.24) is 4.90 Å². The maximum atomic E-state index is 12.5. The standard InChI is InChI=1S/C19H23ClN2O/c20-18-9-5-4-8-17(18)10-11-19(23)22(15-13-21)14-12-16-6-2-1-3-7-16/h1-9H,10-15,21H2. The number of nitrogens with zero attached hydrogens (tertiary/aromatic N) is 1. The number of hydrogen-bond acceptors (Lipinski definition) is 2. The molecule has 2 aromatic rings. The molecule has 0 heterocycles. The highest BCUT2D eigenvalue weighted by molar-refractivity contribution is 6.31. The van der Waals surface area contributed by atoms with Crippen molar-refractivity contribution in [3.05, 3.63) is 70.7 Å². The van der Waals surface area contributed by atoms with Gasteiger partial charge in [0.05, 0.1) is 0 Å². The van der Waals surface area contributed by atoms with Crippen LogP contribution in [0.1, 0.15) is 17.5 Å². The van der Waals surface area contributed by atoms with Crippen LogP contribution in [0.25, 0.3) is 0 Å². The van der Waals surface area contributed by atoms with Crippen LogP contribution in [0.3, 0.4) is 0 Å². The van der Waals surface area contributed by atoms with Crippen molar-refractivity contribution in [2.75, 3.05) is 19.6 Å². The maximum absolute atomic E-state index is 12.5. The van der Waals surface area contributed by atoms with Gasteiger partial charge in [0.25, 0.3) is 0 Å². The molecule has 0 atom stereocenters. The van der Waals surface area contributed by atoms with Gasteiger partial charge in [-0.2, -0.15) is 0 Å². The Morgan fingerprint density at radius 2 is 1.65 bits per heavy atom. The number of carbonyl (C=O) groups is 1. The van der Waals surface area contributed by atoms with Crippen LogP contribution < -0.4 is 5.73 Å². The summed E-state index contributed by atoms with van der Waals surface area (Å²) in [6, 6.07) is 17.8. The van der Waals surface area contributed by atoms with Crippen LogP contribution in [-0.4, -0.2) is 30.4 Å². The molecule has 2 N–H and O–H groups in total. The molecule has 122 valence electrons. The van der Waals surface area contributed by atoms with Crippen LogP contribution in [0.2, 0.25) is 5.02 Å². The van der Waals surface area contributed by atoms with Crippen LogP contribution in [0, 0.1) is 0 Å². The Labute approximate surface area is 143 Å². The summed E-state index contributed by atoms with van der Waals surface area (Å²) in [6.07, 6.45) is 1.96. The average Bonchev–Trinajstić information content (AvgIpc) is 2.58. The Bertz CT molecular complexity index is 616. The van der Waals surface area contributed by atoms with Gasteiger partial charge >= 0.3 is 0 Å². The lowest BCUT2D eigenvalue weighted by Crippen LogP contribution is -2.37. The third kappa shape index (κ3) is 5.70. The topological polar surface area (TPSA) is 46.3 Å². The van der Waals surface area contributed by atoms with E-state index in [1.165, 1.54) is 5.56 Å². The van der Waals surface area contributed by atoms with Gasteiger partial charge in [0.1, 0.15) is 0 Å². The molecular formula is C19H23ClN2O. The highest BCUT2D eigenvalue weighted by Crippen LogP contribution is 2.17. The number of nitrogens with two attached hydrogens (primary N) is 1. The molecule has 0 spiro atoms. The van der Waals surface area contributed by atoms with E-state index in [1.807, 2.05) is 47.4 Å². The largest absolute Gasteiger partial charge is 0.341 e. The summed E-state index contributed by atoms with van der Waals surface area (Å²) in [5.41, 5.74) is 7.89. The minimum absolute atomic E-state index is 0.131. The first-order valence-corrected chi connectivity index (χ1v) is 8.33. The van der Waals surface area contributed by atoms with Crippen molar-refractivity contribution in [2.45, 2.75) is 19.3 Å². The number of carbonyl (C=O) groups excluding carboxylic acids is 1. The SMILES string of the molecule is NCCN(CCc1ccccc1)C(=O)CCc1ccccc1Cl. The smallest absolute Gasteiger partial charge is 0.222 e.